The van der Waals surface area contributed by atoms with E-state index in [-0.39, 0.29) is 31.8 Å². The van der Waals surface area contributed by atoms with Gasteiger partial charge in [0, 0.05) is 17.7 Å². The highest BCUT2D eigenvalue weighted by Gasteiger charge is 2.18. The molecule has 0 saturated heterocycles. The van der Waals surface area contributed by atoms with Crippen molar-refractivity contribution < 1.29 is 24.2 Å². The molecule has 0 radical (unpaired) electrons. The third kappa shape index (κ3) is 5.85. The molecule has 0 unspecified atom stereocenters. The minimum absolute atomic E-state index is 0.0519. The first-order chi connectivity index (χ1) is 10.5. The molecule has 0 aliphatic rings. The molecule has 1 aromatic heterocycles. The number of nitrogens with one attached hydrogen (secondary N) is 1. The van der Waals surface area contributed by atoms with Crippen LogP contribution in [-0.2, 0) is 20.7 Å². The van der Waals surface area contributed by atoms with Crippen LogP contribution in [0.1, 0.15) is 54.8 Å². The molecule has 0 bridgehead atoms. The van der Waals surface area contributed by atoms with Crippen molar-refractivity contribution in [3.8, 4) is 0 Å². The first kappa shape index (κ1) is 18.2. The second kappa shape index (κ2) is 9.19. The number of hydrogen-bond acceptors (Lipinski definition) is 5. The van der Waals surface area contributed by atoms with E-state index in [1.54, 1.807) is 13.0 Å². The fraction of sp³-hybridized carbons (Fsp3) is 0.533. The second-order valence-electron chi connectivity index (χ2n) is 4.72. The van der Waals surface area contributed by atoms with Gasteiger partial charge in [0.1, 0.15) is 5.00 Å². The zero-order valence-corrected chi connectivity index (χ0v) is 13.6. The lowest BCUT2D eigenvalue weighted by molar-refractivity contribution is -0.137. The van der Waals surface area contributed by atoms with Crippen molar-refractivity contribution in [2.24, 2.45) is 0 Å². The topological polar surface area (TPSA) is 92.7 Å². The molecule has 0 aliphatic heterocycles. The van der Waals surface area contributed by atoms with Crippen molar-refractivity contribution in [1.82, 2.24) is 0 Å². The number of carboxylic acids is 1. The molecule has 6 nitrogen and oxygen atoms in total. The molecule has 1 heterocycles. The van der Waals surface area contributed by atoms with Crippen molar-refractivity contribution >= 4 is 34.2 Å². The van der Waals surface area contributed by atoms with E-state index in [9.17, 15) is 14.4 Å². The van der Waals surface area contributed by atoms with Crippen LogP contribution < -0.4 is 5.32 Å². The number of anilines is 1. The fourth-order valence-corrected chi connectivity index (χ4v) is 3.02. The standard InChI is InChI=1S/C15H21NO5S/c1-3-6-10-9-11(15(20)21-4-2)14(22-10)16-12(17)7-5-8-13(18)19/h9H,3-8H2,1-2H3,(H,16,17)(H,18,19). The third-order valence-corrected chi connectivity index (χ3v) is 3.93. The number of aliphatic carboxylic acids is 1. The summed E-state index contributed by atoms with van der Waals surface area (Å²) in [6, 6.07) is 1.75. The molecule has 0 spiro atoms. The highest BCUT2D eigenvalue weighted by atomic mass is 32.1. The van der Waals surface area contributed by atoms with Crippen LogP contribution in [0, 0.1) is 0 Å². The van der Waals surface area contributed by atoms with Crippen LogP contribution in [0.5, 0.6) is 0 Å². The summed E-state index contributed by atoms with van der Waals surface area (Å²) in [5.41, 5.74) is 0.363. The molecular weight excluding hydrogens is 306 g/mol. The quantitative estimate of drug-likeness (QED) is 0.680. The highest BCUT2D eigenvalue weighted by Crippen LogP contribution is 2.30. The third-order valence-electron chi connectivity index (χ3n) is 2.82. The molecule has 22 heavy (non-hydrogen) atoms. The van der Waals surface area contributed by atoms with Crippen LogP contribution in [0.15, 0.2) is 6.07 Å². The average Bonchev–Trinajstić information content (AvgIpc) is 2.81. The van der Waals surface area contributed by atoms with Crippen molar-refractivity contribution in [1.29, 1.82) is 0 Å². The van der Waals surface area contributed by atoms with Crippen LogP contribution in [0.2, 0.25) is 0 Å². The lowest BCUT2D eigenvalue weighted by atomic mass is 10.2. The summed E-state index contributed by atoms with van der Waals surface area (Å²) in [4.78, 5) is 35.2. The van der Waals surface area contributed by atoms with Gasteiger partial charge in [-0.3, -0.25) is 9.59 Å². The van der Waals surface area contributed by atoms with Gasteiger partial charge in [0.05, 0.1) is 12.2 Å². The lowest BCUT2D eigenvalue weighted by Crippen LogP contribution is -2.14. The Morgan fingerprint density at radius 1 is 1.27 bits per heavy atom. The Morgan fingerprint density at radius 2 is 2.00 bits per heavy atom. The monoisotopic (exact) mass is 327 g/mol. The predicted molar refractivity (Wildman–Crippen MR) is 84.4 cm³/mol. The summed E-state index contributed by atoms with van der Waals surface area (Å²) < 4.78 is 4.99. The van der Waals surface area contributed by atoms with E-state index in [2.05, 4.69) is 5.32 Å². The molecule has 1 rings (SSSR count). The maximum Gasteiger partial charge on any atom is 0.341 e. The Hall–Kier alpha value is -1.89. The van der Waals surface area contributed by atoms with E-state index in [0.29, 0.717) is 10.6 Å². The van der Waals surface area contributed by atoms with Gasteiger partial charge < -0.3 is 15.2 Å². The molecule has 0 atom stereocenters. The number of rotatable bonds is 9. The van der Waals surface area contributed by atoms with E-state index >= 15 is 0 Å². The normalized spacial score (nSPS) is 10.3. The summed E-state index contributed by atoms with van der Waals surface area (Å²) in [5, 5.41) is 11.7. The number of hydrogen-bond donors (Lipinski definition) is 2. The molecule has 0 aliphatic carbocycles. The van der Waals surface area contributed by atoms with Crippen molar-refractivity contribution in [2.45, 2.75) is 46.0 Å². The highest BCUT2D eigenvalue weighted by molar-refractivity contribution is 7.16. The number of carbonyl (C=O) groups excluding carboxylic acids is 2. The van der Waals surface area contributed by atoms with E-state index in [1.807, 2.05) is 6.92 Å². The maximum atomic E-state index is 11.9. The lowest BCUT2D eigenvalue weighted by Gasteiger charge is -2.05. The summed E-state index contributed by atoms with van der Waals surface area (Å²) in [5.74, 6) is -1.68. The van der Waals surface area contributed by atoms with E-state index in [4.69, 9.17) is 9.84 Å². The Kier molecular flexibility index (Phi) is 7.59. The van der Waals surface area contributed by atoms with Gasteiger partial charge in [-0.1, -0.05) is 13.3 Å². The Balaban J connectivity index is 2.76. The molecule has 0 saturated carbocycles. The van der Waals surface area contributed by atoms with Crippen LogP contribution in [-0.4, -0.2) is 29.6 Å². The minimum atomic E-state index is -0.929. The first-order valence-electron chi connectivity index (χ1n) is 7.29. The van der Waals surface area contributed by atoms with Crippen LogP contribution in [0.25, 0.3) is 0 Å². The van der Waals surface area contributed by atoms with E-state index in [0.717, 1.165) is 17.7 Å². The van der Waals surface area contributed by atoms with Gasteiger partial charge in [0.15, 0.2) is 0 Å². The molecule has 1 aromatic rings. The number of carbonyl (C=O) groups is 3. The molecule has 0 fully saturated rings. The molecular formula is C15H21NO5S. The Bertz CT molecular complexity index is 538. The van der Waals surface area contributed by atoms with Gasteiger partial charge in [0.25, 0.3) is 0 Å². The second-order valence-corrected chi connectivity index (χ2v) is 5.86. The Labute approximate surface area is 133 Å². The maximum absolute atomic E-state index is 11.9. The molecule has 2 N–H and O–H groups in total. The number of thiophene rings is 1. The van der Waals surface area contributed by atoms with Crippen LogP contribution in [0.3, 0.4) is 0 Å². The van der Waals surface area contributed by atoms with Crippen LogP contribution >= 0.6 is 11.3 Å². The van der Waals surface area contributed by atoms with Gasteiger partial charge in [-0.25, -0.2) is 4.79 Å². The van der Waals surface area contributed by atoms with Gasteiger partial charge in [0.2, 0.25) is 5.91 Å². The molecule has 1 amide bonds. The number of aryl methyl sites for hydroxylation is 1. The van der Waals surface area contributed by atoms with Crippen molar-refractivity contribution in [3.05, 3.63) is 16.5 Å². The van der Waals surface area contributed by atoms with Gasteiger partial charge in [-0.05, 0) is 25.8 Å². The van der Waals surface area contributed by atoms with Crippen molar-refractivity contribution in [2.75, 3.05) is 11.9 Å². The number of esters is 1. The molecule has 0 aromatic carbocycles. The summed E-state index contributed by atoms with van der Waals surface area (Å²) >= 11 is 1.36. The number of amides is 1. The zero-order chi connectivity index (χ0) is 16.5. The Morgan fingerprint density at radius 3 is 2.59 bits per heavy atom. The SMILES string of the molecule is CCCc1cc(C(=O)OCC)c(NC(=O)CCCC(=O)O)s1. The summed E-state index contributed by atoms with van der Waals surface area (Å²) in [6.45, 7) is 4.03. The number of carboxylic acid groups (broad SMARTS) is 1. The first-order valence-corrected chi connectivity index (χ1v) is 8.11. The molecule has 122 valence electrons. The fourth-order valence-electron chi connectivity index (χ4n) is 1.85. The zero-order valence-electron chi connectivity index (χ0n) is 12.8. The van der Waals surface area contributed by atoms with Crippen LogP contribution in [0.4, 0.5) is 5.00 Å². The predicted octanol–water partition coefficient (Wildman–Crippen LogP) is 3.07. The van der Waals surface area contributed by atoms with Gasteiger partial charge in [-0.2, -0.15) is 0 Å². The van der Waals surface area contributed by atoms with Crippen molar-refractivity contribution in [3.63, 3.8) is 0 Å². The largest absolute Gasteiger partial charge is 0.481 e. The van der Waals surface area contributed by atoms with E-state index in [1.165, 1.54) is 11.3 Å². The van der Waals surface area contributed by atoms with E-state index < -0.39 is 11.9 Å². The summed E-state index contributed by atoms with van der Waals surface area (Å²) in [6.07, 6.45) is 2.09. The smallest absolute Gasteiger partial charge is 0.341 e. The van der Waals surface area contributed by atoms with Gasteiger partial charge in [-0.15, -0.1) is 11.3 Å². The molecule has 7 heteroatoms. The van der Waals surface area contributed by atoms with Gasteiger partial charge >= 0.3 is 11.9 Å². The number of ether oxygens (including phenoxy) is 1. The average molecular weight is 327 g/mol. The minimum Gasteiger partial charge on any atom is -0.481 e. The summed E-state index contributed by atoms with van der Waals surface area (Å²) in [7, 11) is 0.